The van der Waals surface area contributed by atoms with Crippen LogP contribution in [0.1, 0.15) is 12.0 Å². The third-order valence-corrected chi connectivity index (χ3v) is 5.59. The number of carboxylic acid groups (broad SMARTS) is 1. The van der Waals surface area contributed by atoms with Crippen molar-refractivity contribution in [3.63, 3.8) is 0 Å². The Morgan fingerprint density at radius 2 is 1.97 bits per heavy atom. The highest BCUT2D eigenvalue weighted by molar-refractivity contribution is 6.01. The number of carbonyl (C=O) groups excluding carboxylic acids is 2. The number of hydrogen-bond acceptors (Lipinski definition) is 4. The summed E-state index contributed by atoms with van der Waals surface area (Å²) >= 11 is 0. The molecule has 8 nitrogen and oxygen atoms in total. The number of hydrogen-bond donors (Lipinski definition) is 3. The summed E-state index contributed by atoms with van der Waals surface area (Å²) in [6.45, 7) is 0.205. The Labute approximate surface area is 178 Å². The van der Waals surface area contributed by atoms with Crippen molar-refractivity contribution in [2.24, 2.45) is 5.92 Å². The molecule has 3 N–H and O–H groups in total. The van der Waals surface area contributed by atoms with Gasteiger partial charge in [0, 0.05) is 42.2 Å². The number of aromatic amines is 1. The van der Waals surface area contributed by atoms with E-state index in [0.29, 0.717) is 11.4 Å². The smallest absolute Gasteiger partial charge is 0.326 e. The minimum absolute atomic E-state index is 0.0390. The van der Waals surface area contributed by atoms with Crippen molar-refractivity contribution < 1.29 is 24.2 Å². The number of methoxy groups -OCH3 is 1. The molecule has 2 unspecified atom stereocenters. The Balaban J connectivity index is 1.44. The molecule has 160 valence electrons. The van der Waals surface area contributed by atoms with Crippen LogP contribution in [0.4, 0.5) is 5.69 Å². The lowest BCUT2D eigenvalue weighted by Crippen LogP contribution is -2.45. The van der Waals surface area contributed by atoms with Gasteiger partial charge in [-0.3, -0.25) is 9.59 Å². The lowest BCUT2D eigenvalue weighted by molar-refractivity contribution is -0.142. The van der Waals surface area contributed by atoms with E-state index in [1.54, 1.807) is 42.5 Å². The first-order chi connectivity index (χ1) is 15.0. The van der Waals surface area contributed by atoms with Crippen LogP contribution in [0.5, 0.6) is 5.75 Å². The summed E-state index contributed by atoms with van der Waals surface area (Å²) in [5.41, 5.74) is 2.39. The van der Waals surface area contributed by atoms with E-state index in [0.717, 1.165) is 16.5 Å². The molecule has 3 aromatic rings. The van der Waals surface area contributed by atoms with Crippen LogP contribution in [-0.4, -0.2) is 47.6 Å². The monoisotopic (exact) mass is 421 g/mol. The van der Waals surface area contributed by atoms with Gasteiger partial charge in [0.25, 0.3) is 0 Å². The fraction of sp³-hybridized carbons (Fsp3) is 0.261. The molecule has 8 heteroatoms. The van der Waals surface area contributed by atoms with Gasteiger partial charge in [0.1, 0.15) is 11.8 Å². The highest BCUT2D eigenvalue weighted by Gasteiger charge is 2.36. The first-order valence-electron chi connectivity index (χ1n) is 9.99. The molecule has 1 saturated heterocycles. The normalized spacial score (nSPS) is 17.0. The van der Waals surface area contributed by atoms with Gasteiger partial charge in [-0.1, -0.05) is 18.2 Å². The number of carbonyl (C=O) groups is 3. The minimum Gasteiger partial charge on any atom is -0.497 e. The van der Waals surface area contributed by atoms with Crippen molar-refractivity contribution in [1.82, 2.24) is 10.3 Å². The second-order valence-corrected chi connectivity index (χ2v) is 7.57. The number of para-hydroxylation sites is 1. The Bertz CT molecular complexity index is 1120. The van der Waals surface area contributed by atoms with Crippen molar-refractivity contribution >= 4 is 34.4 Å². The maximum atomic E-state index is 12.8. The maximum Gasteiger partial charge on any atom is 0.326 e. The largest absolute Gasteiger partial charge is 0.497 e. The zero-order valence-electron chi connectivity index (χ0n) is 17.0. The molecule has 1 fully saturated rings. The van der Waals surface area contributed by atoms with Gasteiger partial charge in [0.2, 0.25) is 11.8 Å². The quantitative estimate of drug-likeness (QED) is 0.542. The molecule has 31 heavy (non-hydrogen) atoms. The number of nitrogens with one attached hydrogen (secondary N) is 2. The molecular weight excluding hydrogens is 398 g/mol. The molecule has 2 aromatic carbocycles. The molecule has 1 aliphatic heterocycles. The molecule has 0 bridgehead atoms. The van der Waals surface area contributed by atoms with Gasteiger partial charge in [0.05, 0.1) is 13.0 Å². The molecule has 0 saturated carbocycles. The predicted octanol–water partition coefficient (Wildman–Crippen LogP) is 2.34. The first kappa shape index (κ1) is 20.5. The van der Waals surface area contributed by atoms with Gasteiger partial charge in [-0.15, -0.1) is 0 Å². The Morgan fingerprint density at radius 1 is 1.23 bits per heavy atom. The molecule has 4 rings (SSSR count). The van der Waals surface area contributed by atoms with Crippen LogP contribution in [-0.2, 0) is 20.8 Å². The maximum absolute atomic E-state index is 12.8. The van der Waals surface area contributed by atoms with Crippen LogP contribution < -0.4 is 15.0 Å². The van der Waals surface area contributed by atoms with Gasteiger partial charge in [0.15, 0.2) is 0 Å². The van der Waals surface area contributed by atoms with E-state index in [9.17, 15) is 19.5 Å². The standard InChI is InChI=1S/C23H23N3O5/c1-31-17-8-6-16(7-9-17)26-13-15(11-21(26)27)22(28)25-20(23(29)30)10-14-12-24-19-5-3-2-4-18(14)19/h2-9,12,15,20,24H,10-11,13H2,1H3,(H,25,28)(H,29,30). The van der Waals surface area contributed by atoms with E-state index in [1.807, 2.05) is 24.3 Å². The lowest BCUT2D eigenvalue weighted by atomic mass is 10.0. The average Bonchev–Trinajstić information content (AvgIpc) is 3.37. The zero-order chi connectivity index (χ0) is 22.0. The van der Waals surface area contributed by atoms with E-state index in [1.165, 1.54) is 0 Å². The number of ether oxygens (including phenoxy) is 1. The number of H-pyrrole nitrogens is 1. The van der Waals surface area contributed by atoms with Crippen LogP contribution >= 0.6 is 0 Å². The van der Waals surface area contributed by atoms with E-state index in [2.05, 4.69) is 10.3 Å². The second-order valence-electron chi connectivity index (χ2n) is 7.57. The van der Waals surface area contributed by atoms with Crippen LogP contribution in [0.25, 0.3) is 10.9 Å². The number of anilines is 1. The van der Waals surface area contributed by atoms with Crippen LogP contribution in [0.3, 0.4) is 0 Å². The third kappa shape index (κ3) is 4.23. The molecule has 0 spiro atoms. The van der Waals surface area contributed by atoms with Gasteiger partial charge in [-0.2, -0.15) is 0 Å². The lowest BCUT2D eigenvalue weighted by Gasteiger charge is -2.19. The first-order valence-corrected chi connectivity index (χ1v) is 9.99. The van der Waals surface area contributed by atoms with Crippen molar-refractivity contribution in [2.75, 3.05) is 18.6 Å². The summed E-state index contributed by atoms with van der Waals surface area (Å²) in [4.78, 5) is 41.7. The highest BCUT2D eigenvalue weighted by atomic mass is 16.5. The van der Waals surface area contributed by atoms with Crippen LogP contribution in [0, 0.1) is 5.92 Å². The summed E-state index contributed by atoms with van der Waals surface area (Å²) in [7, 11) is 1.56. The summed E-state index contributed by atoms with van der Waals surface area (Å²) < 4.78 is 5.13. The number of aliphatic carboxylic acids is 1. The second kappa shape index (κ2) is 8.51. The molecule has 0 radical (unpaired) electrons. The summed E-state index contributed by atoms with van der Waals surface area (Å²) in [6.07, 6.45) is 1.95. The number of nitrogens with zero attached hydrogens (tertiary/aromatic N) is 1. The third-order valence-electron chi connectivity index (χ3n) is 5.59. The summed E-state index contributed by atoms with van der Waals surface area (Å²) in [5.74, 6) is -1.66. The molecule has 2 heterocycles. The number of benzene rings is 2. The SMILES string of the molecule is COc1ccc(N2CC(C(=O)NC(Cc3c[nH]c4ccccc34)C(=O)O)CC2=O)cc1. The average molecular weight is 421 g/mol. The van der Waals surface area contributed by atoms with Gasteiger partial charge >= 0.3 is 5.97 Å². The molecule has 1 aliphatic rings. The molecule has 1 aromatic heterocycles. The Morgan fingerprint density at radius 3 is 2.68 bits per heavy atom. The van der Waals surface area contributed by atoms with E-state index in [4.69, 9.17) is 4.74 Å². The predicted molar refractivity (Wildman–Crippen MR) is 115 cm³/mol. The van der Waals surface area contributed by atoms with Crippen molar-refractivity contribution in [1.29, 1.82) is 0 Å². The number of aromatic nitrogens is 1. The van der Waals surface area contributed by atoms with E-state index < -0.39 is 23.8 Å². The van der Waals surface area contributed by atoms with Crippen molar-refractivity contribution in [3.05, 3.63) is 60.3 Å². The van der Waals surface area contributed by atoms with E-state index in [-0.39, 0.29) is 25.3 Å². The zero-order valence-corrected chi connectivity index (χ0v) is 17.0. The number of carboxylic acids is 1. The highest BCUT2D eigenvalue weighted by Crippen LogP contribution is 2.27. The van der Waals surface area contributed by atoms with Crippen molar-refractivity contribution in [2.45, 2.75) is 18.9 Å². The Kier molecular flexibility index (Phi) is 5.62. The van der Waals surface area contributed by atoms with E-state index >= 15 is 0 Å². The molecule has 2 atom stereocenters. The van der Waals surface area contributed by atoms with Gasteiger partial charge in [-0.05, 0) is 35.9 Å². The topological polar surface area (TPSA) is 112 Å². The van der Waals surface area contributed by atoms with Gasteiger partial charge < -0.3 is 25.0 Å². The summed E-state index contributed by atoms with van der Waals surface area (Å²) in [5, 5.41) is 13.2. The van der Waals surface area contributed by atoms with Crippen LogP contribution in [0.15, 0.2) is 54.7 Å². The number of amides is 2. The number of rotatable bonds is 7. The fourth-order valence-electron chi connectivity index (χ4n) is 3.90. The summed E-state index contributed by atoms with van der Waals surface area (Å²) in [6, 6.07) is 13.5. The molecule has 2 amide bonds. The number of fused-ring (bicyclic) bond motifs is 1. The van der Waals surface area contributed by atoms with Crippen molar-refractivity contribution in [3.8, 4) is 5.75 Å². The minimum atomic E-state index is -1.12. The Hall–Kier alpha value is -3.81. The van der Waals surface area contributed by atoms with Gasteiger partial charge in [-0.25, -0.2) is 4.79 Å². The molecule has 0 aliphatic carbocycles. The molecular formula is C23H23N3O5. The van der Waals surface area contributed by atoms with Crippen LogP contribution in [0.2, 0.25) is 0 Å². The fourth-order valence-corrected chi connectivity index (χ4v) is 3.90.